The molecule has 0 heterocycles. The fourth-order valence-corrected chi connectivity index (χ4v) is 2.86. The summed E-state index contributed by atoms with van der Waals surface area (Å²) < 4.78 is 43.3. The van der Waals surface area contributed by atoms with Crippen molar-refractivity contribution in [2.45, 2.75) is 44.3 Å². The van der Waals surface area contributed by atoms with Gasteiger partial charge in [0, 0.05) is 6.04 Å². The summed E-state index contributed by atoms with van der Waals surface area (Å²) >= 11 is 0. The third-order valence-corrected chi connectivity index (χ3v) is 4.00. The Morgan fingerprint density at radius 2 is 2.14 bits per heavy atom. The molecule has 1 aliphatic carbocycles. The minimum absolute atomic E-state index is 0.0205. The summed E-state index contributed by atoms with van der Waals surface area (Å²) in [7, 11) is 1.54. The molecular formula is C16H20F3NO2. The van der Waals surface area contributed by atoms with Crippen LogP contribution in [0, 0.1) is 5.92 Å². The fraction of sp³-hybridized carbons (Fsp3) is 0.562. The number of alkyl halides is 3. The van der Waals surface area contributed by atoms with E-state index in [-0.39, 0.29) is 25.2 Å². The Labute approximate surface area is 127 Å². The third-order valence-electron chi connectivity index (χ3n) is 4.00. The van der Waals surface area contributed by atoms with E-state index in [1.165, 1.54) is 0 Å². The number of carbonyl (C=O) groups is 1. The molecule has 0 bridgehead atoms. The van der Waals surface area contributed by atoms with Crippen LogP contribution in [0.3, 0.4) is 0 Å². The van der Waals surface area contributed by atoms with Gasteiger partial charge in [0.1, 0.15) is 5.75 Å². The zero-order chi connectivity index (χ0) is 16.2. The number of rotatable bonds is 4. The van der Waals surface area contributed by atoms with Crippen molar-refractivity contribution in [2.24, 2.45) is 5.92 Å². The van der Waals surface area contributed by atoms with Gasteiger partial charge in [0.25, 0.3) is 0 Å². The van der Waals surface area contributed by atoms with E-state index in [2.05, 4.69) is 5.32 Å². The van der Waals surface area contributed by atoms with Gasteiger partial charge in [-0.15, -0.1) is 0 Å². The van der Waals surface area contributed by atoms with Gasteiger partial charge in [0.15, 0.2) is 0 Å². The molecule has 0 aromatic heterocycles. The van der Waals surface area contributed by atoms with E-state index in [0.29, 0.717) is 18.6 Å². The van der Waals surface area contributed by atoms with Gasteiger partial charge in [-0.25, -0.2) is 0 Å². The maximum absolute atomic E-state index is 12.8. The highest BCUT2D eigenvalue weighted by molar-refractivity contribution is 5.79. The molecule has 122 valence electrons. The number of ether oxygens (including phenoxy) is 1. The normalized spacial score (nSPS) is 22.2. The number of hydrogen-bond acceptors (Lipinski definition) is 2. The molecule has 1 aromatic carbocycles. The number of hydrogen-bond donors (Lipinski definition) is 1. The van der Waals surface area contributed by atoms with Crippen LogP contribution in [0.5, 0.6) is 5.75 Å². The number of methoxy groups -OCH3 is 1. The Balaban J connectivity index is 1.88. The molecule has 1 fully saturated rings. The van der Waals surface area contributed by atoms with Gasteiger partial charge in [-0.3, -0.25) is 4.79 Å². The van der Waals surface area contributed by atoms with Crippen LogP contribution in [0.1, 0.15) is 31.2 Å². The van der Waals surface area contributed by atoms with E-state index in [1.54, 1.807) is 31.4 Å². The second-order valence-corrected chi connectivity index (χ2v) is 5.70. The van der Waals surface area contributed by atoms with E-state index >= 15 is 0 Å². The number of carbonyl (C=O) groups excluding carboxylic acids is 1. The standard InChI is InChI=1S/C16H20F3NO2/c1-22-14-7-2-4-11(8-14)9-15(21)20-13-6-3-5-12(10-13)16(17,18)19/h2,4,7-8,12-13H,3,5-6,9-10H2,1H3,(H,20,21)/t12-,13-/m0/s1. The minimum Gasteiger partial charge on any atom is -0.497 e. The lowest BCUT2D eigenvalue weighted by Crippen LogP contribution is -2.42. The molecule has 2 rings (SSSR count). The smallest absolute Gasteiger partial charge is 0.391 e. The van der Waals surface area contributed by atoms with Crippen LogP contribution in [-0.4, -0.2) is 25.2 Å². The number of benzene rings is 1. The maximum Gasteiger partial charge on any atom is 0.391 e. The predicted octanol–water partition coefficient (Wildman–Crippen LogP) is 3.48. The summed E-state index contributed by atoms with van der Waals surface area (Å²) in [5.74, 6) is -0.899. The van der Waals surface area contributed by atoms with Gasteiger partial charge in [0.2, 0.25) is 5.91 Å². The van der Waals surface area contributed by atoms with Crippen molar-refractivity contribution < 1.29 is 22.7 Å². The van der Waals surface area contributed by atoms with Gasteiger partial charge in [-0.2, -0.15) is 13.2 Å². The Hall–Kier alpha value is -1.72. The summed E-state index contributed by atoms with van der Waals surface area (Å²) in [6.45, 7) is 0. The predicted molar refractivity (Wildman–Crippen MR) is 76.6 cm³/mol. The molecule has 22 heavy (non-hydrogen) atoms. The first kappa shape index (κ1) is 16.6. The highest BCUT2D eigenvalue weighted by Crippen LogP contribution is 2.37. The second kappa shape index (κ2) is 7.03. The average molecular weight is 315 g/mol. The Kier molecular flexibility index (Phi) is 5.32. The highest BCUT2D eigenvalue weighted by atomic mass is 19.4. The zero-order valence-electron chi connectivity index (χ0n) is 12.5. The minimum atomic E-state index is -4.17. The molecule has 3 nitrogen and oxygen atoms in total. The molecule has 1 aliphatic rings. The van der Waals surface area contributed by atoms with Crippen LogP contribution < -0.4 is 10.1 Å². The highest BCUT2D eigenvalue weighted by Gasteiger charge is 2.42. The van der Waals surface area contributed by atoms with Gasteiger partial charge < -0.3 is 10.1 Å². The molecule has 2 atom stereocenters. The molecule has 0 spiro atoms. The summed E-state index contributed by atoms with van der Waals surface area (Å²) in [6, 6.07) is 6.71. The molecule has 1 saturated carbocycles. The Bertz CT molecular complexity index is 516. The van der Waals surface area contributed by atoms with Crippen LogP contribution >= 0.6 is 0 Å². The average Bonchev–Trinajstić information content (AvgIpc) is 2.46. The number of amides is 1. The van der Waals surface area contributed by atoms with Crippen LogP contribution in [0.25, 0.3) is 0 Å². The lowest BCUT2D eigenvalue weighted by Gasteiger charge is -2.31. The van der Waals surface area contributed by atoms with Crippen molar-refractivity contribution >= 4 is 5.91 Å². The monoisotopic (exact) mass is 315 g/mol. The van der Waals surface area contributed by atoms with E-state index in [4.69, 9.17) is 4.74 Å². The molecule has 0 unspecified atom stereocenters. The van der Waals surface area contributed by atoms with E-state index < -0.39 is 18.1 Å². The van der Waals surface area contributed by atoms with Gasteiger partial charge in [-0.1, -0.05) is 18.6 Å². The first-order chi connectivity index (χ1) is 10.4. The van der Waals surface area contributed by atoms with Crippen molar-refractivity contribution in [3.8, 4) is 5.75 Å². The van der Waals surface area contributed by atoms with E-state index in [0.717, 1.165) is 5.56 Å². The van der Waals surface area contributed by atoms with Crippen molar-refractivity contribution in [3.63, 3.8) is 0 Å². The fourth-order valence-electron chi connectivity index (χ4n) is 2.86. The Morgan fingerprint density at radius 3 is 2.82 bits per heavy atom. The molecule has 0 aliphatic heterocycles. The van der Waals surface area contributed by atoms with E-state index in [9.17, 15) is 18.0 Å². The van der Waals surface area contributed by atoms with Crippen LogP contribution in [0.2, 0.25) is 0 Å². The molecule has 0 saturated heterocycles. The second-order valence-electron chi connectivity index (χ2n) is 5.70. The lowest BCUT2D eigenvalue weighted by molar-refractivity contribution is -0.184. The molecule has 6 heteroatoms. The van der Waals surface area contributed by atoms with Crippen molar-refractivity contribution in [2.75, 3.05) is 7.11 Å². The van der Waals surface area contributed by atoms with Gasteiger partial charge in [-0.05, 0) is 37.0 Å². The Morgan fingerprint density at radius 1 is 1.36 bits per heavy atom. The van der Waals surface area contributed by atoms with Gasteiger partial charge >= 0.3 is 6.18 Å². The van der Waals surface area contributed by atoms with Crippen molar-refractivity contribution in [1.82, 2.24) is 5.32 Å². The first-order valence-corrected chi connectivity index (χ1v) is 7.37. The van der Waals surface area contributed by atoms with E-state index in [1.807, 2.05) is 0 Å². The zero-order valence-corrected chi connectivity index (χ0v) is 12.5. The number of halogens is 3. The van der Waals surface area contributed by atoms with Crippen LogP contribution in [0.15, 0.2) is 24.3 Å². The molecule has 1 aromatic rings. The SMILES string of the molecule is COc1cccc(CC(=O)N[C@H]2CCC[C@H](C(F)(F)F)C2)c1. The van der Waals surface area contributed by atoms with Gasteiger partial charge in [0.05, 0.1) is 19.4 Å². The molecule has 1 amide bonds. The molecule has 1 N–H and O–H groups in total. The van der Waals surface area contributed by atoms with Crippen LogP contribution in [-0.2, 0) is 11.2 Å². The summed E-state index contributed by atoms with van der Waals surface area (Å²) in [4.78, 5) is 12.0. The third kappa shape index (κ3) is 4.64. The molecule has 0 radical (unpaired) electrons. The largest absolute Gasteiger partial charge is 0.497 e. The molecular weight excluding hydrogens is 295 g/mol. The first-order valence-electron chi connectivity index (χ1n) is 7.37. The summed E-state index contributed by atoms with van der Waals surface area (Å²) in [6.07, 6.45) is -2.79. The van der Waals surface area contributed by atoms with Crippen molar-refractivity contribution in [1.29, 1.82) is 0 Å². The lowest BCUT2D eigenvalue weighted by atomic mass is 9.85. The van der Waals surface area contributed by atoms with Crippen LogP contribution in [0.4, 0.5) is 13.2 Å². The number of nitrogens with one attached hydrogen (secondary N) is 1. The quantitative estimate of drug-likeness (QED) is 0.924. The van der Waals surface area contributed by atoms with Crippen molar-refractivity contribution in [3.05, 3.63) is 29.8 Å². The topological polar surface area (TPSA) is 38.3 Å². The summed E-state index contributed by atoms with van der Waals surface area (Å²) in [5.41, 5.74) is 0.778. The maximum atomic E-state index is 12.8. The summed E-state index contributed by atoms with van der Waals surface area (Å²) in [5, 5.41) is 2.73.